The number of nitrogens with zero attached hydrogens (tertiary/aromatic N) is 1. The Morgan fingerprint density at radius 3 is 2.69 bits per heavy atom. The Morgan fingerprint density at radius 2 is 2.12 bits per heavy atom. The SMILES string of the molecule is CCCN1C(=O)C(=O)/C(=C(\O)c2ccc(OC)c(Cl)c2)C1c1cccs1. The lowest BCUT2D eigenvalue weighted by Crippen LogP contribution is -2.30. The number of aliphatic hydroxyl groups excluding tert-OH is 1. The van der Waals surface area contributed by atoms with E-state index in [1.165, 1.54) is 29.4 Å². The maximum absolute atomic E-state index is 12.7. The average Bonchev–Trinajstić information content (AvgIpc) is 3.24. The molecular weight excluding hydrogens is 374 g/mol. The van der Waals surface area contributed by atoms with E-state index in [4.69, 9.17) is 16.3 Å². The summed E-state index contributed by atoms with van der Waals surface area (Å²) in [7, 11) is 1.49. The van der Waals surface area contributed by atoms with Crippen molar-refractivity contribution in [1.29, 1.82) is 0 Å². The summed E-state index contributed by atoms with van der Waals surface area (Å²) in [5.41, 5.74) is 0.457. The molecule has 1 amide bonds. The van der Waals surface area contributed by atoms with Crippen molar-refractivity contribution >= 4 is 40.4 Å². The van der Waals surface area contributed by atoms with Crippen LogP contribution in [0.4, 0.5) is 0 Å². The fourth-order valence-electron chi connectivity index (χ4n) is 3.06. The second-order valence-electron chi connectivity index (χ2n) is 5.86. The van der Waals surface area contributed by atoms with Gasteiger partial charge >= 0.3 is 0 Å². The molecule has 0 spiro atoms. The van der Waals surface area contributed by atoms with Gasteiger partial charge in [-0.25, -0.2) is 0 Å². The molecule has 1 unspecified atom stereocenters. The first kappa shape index (κ1) is 18.5. The van der Waals surface area contributed by atoms with Gasteiger partial charge in [-0.3, -0.25) is 9.59 Å². The number of ether oxygens (including phenoxy) is 1. The number of aliphatic hydroxyl groups is 1. The van der Waals surface area contributed by atoms with Crippen LogP contribution in [0.25, 0.3) is 5.76 Å². The van der Waals surface area contributed by atoms with E-state index >= 15 is 0 Å². The van der Waals surface area contributed by atoms with Crippen LogP contribution < -0.4 is 4.74 Å². The van der Waals surface area contributed by atoms with Crippen LogP contribution in [0.15, 0.2) is 41.3 Å². The first-order chi connectivity index (χ1) is 12.5. The number of ketones is 1. The first-order valence-electron chi connectivity index (χ1n) is 8.15. The van der Waals surface area contributed by atoms with Gasteiger partial charge in [0, 0.05) is 17.0 Å². The second kappa shape index (κ2) is 7.51. The van der Waals surface area contributed by atoms with Crippen LogP contribution in [-0.2, 0) is 9.59 Å². The zero-order valence-corrected chi connectivity index (χ0v) is 15.9. The lowest BCUT2D eigenvalue weighted by molar-refractivity contribution is -0.139. The molecule has 5 nitrogen and oxygen atoms in total. The van der Waals surface area contributed by atoms with Gasteiger partial charge in [0.2, 0.25) is 0 Å². The number of hydrogen-bond acceptors (Lipinski definition) is 5. The van der Waals surface area contributed by atoms with Crippen molar-refractivity contribution in [2.45, 2.75) is 19.4 Å². The third kappa shape index (κ3) is 3.10. The van der Waals surface area contributed by atoms with E-state index < -0.39 is 17.7 Å². The van der Waals surface area contributed by atoms with Crippen molar-refractivity contribution in [2.24, 2.45) is 0 Å². The van der Waals surface area contributed by atoms with Crippen LogP contribution in [-0.4, -0.2) is 35.4 Å². The lowest BCUT2D eigenvalue weighted by atomic mass is 10.00. The summed E-state index contributed by atoms with van der Waals surface area (Å²) in [5, 5.41) is 13.0. The maximum Gasteiger partial charge on any atom is 0.295 e. The van der Waals surface area contributed by atoms with Gasteiger partial charge in [0.15, 0.2) is 0 Å². The molecule has 7 heteroatoms. The fraction of sp³-hybridized carbons (Fsp3) is 0.263. The molecule has 1 aromatic carbocycles. The van der Waals surface area contributed by atoms with Gasteiger partial charge in [0.05, 0.1) is 23.7 Å². The zero-order valence-electron chi connectivity index (χ0n) is 14.4. The number of hydrogen-bond donors (Lipinski definition) is 1. The molecule has 3 rings (SSSR count). The Morgan fingerprint density at radius 1 is 1.35 bits per heavy atom. The van der Waals surface area contributed by atoms with Gasteiger partial charge < -0.3 is 14.7 Å². The number of likely N-dealkylation sites (tertiary alicyclic amines) is 1. The molecule has 0 bridgehead atoms. The molecule has 1 aromatic heterocycles. The molecule has 2 aromatic rings. The quantitative estimate of drug-likeness (QED) is 0.470. The van der Waals surface area contributed by atoms with Crippen LogP contribution in [0.5, 0.6) is 5.75 Å². The molecule has 1 fully saturated rings. The van der Waals surface area contributed by atoms with Crippen molar-refractivity contribution in [2.75, 3.05) is 13.7 Å². The molecule has 136 valence electrons. The largest absolute Gasteiger partial charge is 0.507 e. The van der Waals surface area contributed by atoms with Crippen LogP contribution in [0.3, 0.4) is 0 Å². The highest BCUT2D eigenvalue weighted by Gasteiger charge is 2.46. The molecule has 1 aliphatic heterocycles. The molecule has 0 aliphatic carbocycles. The topological polar surface area (TPSA) is 66.8 Å². The Bertz CT molecular complexity index is 876. The number of carbonyl (C=O) groups is 2. The highest BCUT2D eigenvalue weighted by Crippen LogP contribution is 2.41. The average molecular weight is 392 g/mol. The normalized spacial score (nSPS) is 19.2. The van der Waals surface area contributed by atoms with Crippen molar-refractivity contribution in [3.63, 3.8) is 0 Å². The van der Waals surface area contributed by atoms with Gasteiger partial charge in [0.1, 0.15) is 11.5 Å². The van der Waals surface area contributed by atoms with E-state index in [2.05, 4.69) is 0 Å². The minimum absolute atomic E-state index is 0.0899. The summed E-state index contributed by atoms with van der Waals surface area (Å²) in [4.78, 5) is 27.5. The van der Waals surface area contributed by atoms with Gasteiger partial charge in [-0.15, -0.1) is 11.3 Å². The van der Waals surface area contributed by atoms with E-state index in [1.807, 2.05) is 24.4 Å². The van der Waals surface area contributed by atoms with E-state index in [9.17, 15) is 14.7 Å². The summed E-state index contributed by atoms with van der Waals surface area (Å²) >= 11 is 7.58. The fourth-order valence-corrected chi connectivity index (χ4v) is 4.17. The third-order valence-electron chi connectivity index (χ3n) is 4.24. The summed E-state index contributed by atoms with van der Waals surface area (Å²) in [6.07, 6.45) is 0.712. The molecule has 2 heterocycles. The Kier molecular flexibility index (Phi) is 5.34. The van der Waals surface area contributed by atoms with Crippen molar-refractivity contribution in [3.8, 4) is 5.75 Å². The van der Waals surface area contributed by atoms with Gasteiger partial charge in [-0.2, -0.15) is 0 Å². The number of carbonyl (C=O) groups excluding carboxylic acids is 2. The molecular formula is C19H18ClNO4S. The summed E-state index contributed by atoms with van der Waals surface area (Å²) in [6, 6.07) is 7.87. The Hall–Kier alpha value is -2.31. The molecule has 1 atom stereocenters. The summed E-state index contributed by atoms with van der Waals surface area (Å²) < 4.78 is 5.12. The van der Waals surface area contributed by atoms with Crippen molar-refractivity contribution in [3.05, 3.63) is 56.7 Å². The lowest BCUT2D eigenvalue weighted by Gasteiger charge is -2.23. The van der Waals surface area contributed by atoms with Crippen LogP contribution in [0.1, 0.15) is 29.8 Å². The smallest absolute Gasteiger partial charge is 0.295 e. The van der Waals surface area contributed by atoms with Crippen molar-refractivity contribution in [1.82, 2.24) is 4.90 Å². The van der Waals surface area contributed by atoms with Crippen LogP contribution in [0, 0.1) is 0 Å². The highest BCUT2D eigenvalue weighted by atomic mass is 35.5. The monoisotopic (exact) mass is 391 g/mol. The minimum atomic E-state index is -0.679. The number of methoxy groups -OCH3 is 1. The van der Waals surface area contributed by atoms with E-state index in [0.29, 0.717) is 29.3 Å². The standard InChI is InChI=1S/C19H18ClNO4S/c1-3-8-21-16(14-5-4-9-26-14)15(18(23)19(21)24)17(22)11-6-7-13(25-2)12(20)10-11/h4-7,9-10,16,22H,3,8H2,1-2H3/b17-15-. The summed E-state index contributed by atoms with van der Waals surface area (Å²) in [6.45, 7) is 2.38. The van der Waals surface area contributed by atoms with E-state index in [0.717, 1.165) is 4.88 Å². The zero-order chi connectivity index (χ0) is 18.8. The molecule has 0 saturated carbocycles. The minimum Gasteiger partial charge on any atom is -0.507 e. The molecule has 1 aliphatic rings. The van der Waals surface area contributed by atoms with E-state index in [1.54, 1.807) is 12.1 Å². The second-order valence-corrected chi connectivity index (χ2v) is 7.24. The number of halogens is 1. The highest BCUT2D eigenvalue weighted by molar-refractivity contribution is 7.10. The number of Topliss-reactive ketones (excluding diaryl/α,β-unsaturated/α-hetero) is 1. The van der Waals surface area contributed by atoms with E-state index in [-0.39, 0.29) is 11.3 Å². The molecule has 26 heavy (non-hydrogen) atoms. The van der Waals surface area contributed by atoms with Gasteiger partial charge in [-0.1, -0.05) is 24.6 Å². The number of rotatable bonds is 5. The van der Waals surface area contributed by atoms with Crippen molar-refractivity contribution < 1.29 is 19.4 Å². The predicted octanol–water partition coefficient (Wildman–Crippen LogP) is 4.24. The maximum atomic E-state index is 12.7. The Balaban J connectivity index is 2.15. The van der Waals surface area contributed by atoms with Gasteiger partial charge in [-0.05, 0) is 36.1 Å². The first-order valence-corrected chi connectivity index (χ1v) is 9.41. The van der Waals surface area contributed by atoms with Gasteiger partial charge in [0.25, 0.3) is 11.7 Å². The number of benzene rings is 1. The molecule has 1 saturated heterocycles. The molecule has 1 N–H and O–H groups in total. The number of amides is 1. The Labute approximate surface area is 160 Å². The third-order valence-corrected chi connectivity index (χ3v) is 5.46. The van der Waals surface area contributed by atoms with Crippen LogP contribution in [0.2, 0.25) is 5.02 Å². The number of thiophene rings is 1. The summed E-state index contributed by atoms with van der Waals surface area (Å²) in [5.74, 6) is -1.04. The van der Waals surface area contributed by atoms with Crippen LogP contribution >= 0.6 is 22.9 Å². The predicted molar refractivity (Wildman–Crippen MR) is 102 cm³/mol. The molecule has 0 radical (unpaired) electrons.